The summed E-state index contributed by atoms with van der Waals surface area (Å²) in [4.78, 5) is 26.1. The molecule has 0 radical (unpaired) electrons. The number of nitrogens with two attached hydrogens (primary N) is 1. The van der Waals surface area contributed by atoms with Gasteiger partial charge in [0.15, 0.2) is 11.0 Å². The standard InChI is InChI=1S/C11H11ClN6O2/c1-5-8(19)9(12)14-3-6-4-15-10(18(5)6)11-16-7(2-13)17-20-11/h3-5,10H,2,13H2,1H3. The zero-order valence-electron chi connectivity index (χ0n) is 10.5. The van der Waals surface area contributed by atoms with Crippen molar-refractivity contribution in [3.05, 3.63) is 23.6 Å². The summed E-state index contributed by atoms with van der Waals surface area (Å²) >= 11 is 5.82. The number of carbonyl (C=O) groups excluding carboxylic acids is 1. The van der Waals surface area contributed by atoms with Crippen LogP contribution in [-0.2, 0) is 11.3 Å². The molecule has 0 saturated carbocycles. The van der Waals surface area contributed by atoms with Gasteiger partial charge in [-0.15, -0.1) is 0 Å². The van der Waals surface area contributed by atoms with Crippen LogP contribution in [0.2, 0.25) is 0 Å². The summed E-state index contributed by atoms with van der Waals surface area (Å²) in [5.41, 5.74) is 6.11. The lowest BCUT2D eigenvalue weighted by atomic mass is 10.2. The predicted octanol–water partition coefficient (Wildman–Crippen LogP) is 0.363. The lowest BCUT2D eigenvalue weighted by molar-refractivity contribution is -0.116. The molecule has 2 unspecified atom stereocenters. The second-order valence-electron chi connectivity index (χ2n) is 4.33. The first-order valence-electron chi connectivity index (χ1n) is 5.93. The average molecular weight is 295 g/mol. The Labute approximate surface area is 119 Å². The summed E-state index contributed by atoms with van der Waals surface area (Å²) in [6.07, 6.45) is 2.53. The normalized spacial score (nSPS) is 25.4. The third-order valence-corrected chi connectivity index (χ3v) is 3.39. The van der Waals surface area contributed by atoms with Gasteiger partial charge in [-0.05, 0) is 6.92 Å². The number of aliphatic imine (C=N–C) groups is 2. The van der Waals surface area contributed by atoms with Crippen molar-refractivity contribution < 1.29 is 9.32 Å². The minimum Gasteiger partial charge on any atom is -0.335 e. The number of hydrogen-bond donors (Lipinski definition) is 1. The van der Waals surface area contributed by atoms with Gasteiger partial charge in [0.05, 0.1) is 24.5 Å². The Hall–Kier alpha value is -2.06. The molecule has 0 fully saturated rings. The molecule has 2 aliphatic rings. The predicted molar refractivity (Wildman–Crippen MR) is 71.1 cm³/mol. The van der Waals surface area contributed by atoms with Crippen LogP contribution in [0.1, 0.15) is 24.8 Å². The highest BCUT2D eigenvalue weighted by molar-refractivity contribution is 6.83. The number of hydrogen-bond acceptors (Lipinski definition) is 8. The summed E-state index contributed by atoms with van der Waals surface area (Å²) in [5.74, 6) is 0.380. The Kier molecular flexibility index (Phi) is 3.11. The first kappa shape index (κ1) is 12.9. The van der Waals surface area contributed by atoms with Crippen LogP contribution in [0.4, 0.5) is 0 Å². The van der Waals surface area contributed by atoms with Crippen LogP contribution < -0.4 is 5.73 Å². The van der Waals surface area contributed by atoms with Crippen LogP contribution in [-0.4, -0.2) is 38.3 Å². The smallest absolute Gasteiger partial charge is 0.272 e. The maximum atomic E-state index is 12.0. The van der Waals surface area contributed by atoms with E-state index in [1.165, 1.54) is 6.20 Å². The SMILES string of the molecule is CC1C(=O)C(Cl)=NC=C2C=NC(c3nc(CN)no3)N21. The van der Waals surface area contributed by atoms with Crippen molar-refractivity contribution in [2.45, 2.75) is 25.7 Å². The number of halogens is 1. The molecular formula is C11H11ClN6O2. The van der Waals surface area contributed by atoms with E-state index in [4.69, 9.17) is 21.9 Å². The van der Waals surface area contributed by atoms with Crippen LogP contribution in [0.15, 0.2) is 26.4 Å². The fourth-order valence-corrected chi connectivity index (χ4v) is 2.29. The number of nitrogens with zero attached hydrogens (tertiary/aromatic N) is 5. The summed E-state index contributed by atoms with van der Waals surface area (Å²) in [7, 11) is 0. The van der Waals surface area contributed by atoms with E-state index in [-0.39, 0.29) is 23.4 Å². The van der Waals surface area contributed by atoms with E-state index in [1.54, 1.807) is 18.0 Å². The number of rotatable bonds is 2. The lowest BCUT2D eigenvalue weighted by Crippen LogP contribution is -2.39. The van der Waals surface area contributed by atoms with Gasteiger partial charge in [-0.2, -0.15) is 4.98 Å². The van der Waals surface area contributed by atoms with E-state index in [0.29, 0.717) is 11.5 Å². The van der Waals surface area contributed by atoms with E-state index >= 15 is 0 Å². The van der Waals surface area contributed by atoms with Crippen molar-refractivity contribution in [3.63, 3.8) is 0 Å². The molecule has 1 aromatic rings. The third-order valence-electron chi connectivity index (χ3n) is 3.11. The third kappa shape index (κ3) is 1.93. The molecule has 3 heterocycles. The number of aromatic nitrogens is 2. The lowest BCUT2D eigenvalue weighted by Gasteiger charge is -2.27. The molecule has 104 valence electrons. The van der Waals surface area contributed by atoms with Gasteiger partial charge in [-0.1, -0.05) is 16.8 Å². The summed E-state index contributed by atoms with van der Waals surface area (Å²) in [6, 6.07) is -0.527. The second-order valence-corrected chi connectivity index (χ2v) is 4.68. The summed E-state index contributed by atoms with van der Waals surface area (Å²) in [5, 5.41) is 3.67. The van der Waals surface area contributed by atoms with E-state index < -0.39 is 12.2 Å². The molecule has 2 N–H and O–H groups in total. The molecule has 0 amide bonds. The molecule has 0 aliphatic carbocycles. The fourth-order valence-electron chi connectivity index (χ4n) is 2.09. The molecule has 8 nitrogen and oxygen atoms in total. The molecule has 0 spiro atoms. The molecule has 0 saturated heterocycles. The Bertz CT molecular complexity index is 649. The minimum atomic E-state index is -0.564. The highest BCUT2D eigenvalue weighted by Gasteiger charge is 2.38. The topological polar surface area (TPSA) is 110 Å². The monoisotopic (exact) mass is 294 g/mol. The van der Waals surface area contributed by atoms with Crippen LogP contribution >= 0.6 is 11.6 Å². The van der Waals surface area contributed by atoms with Crippen molar-refractivity contribution in [3.8, 4) is 0 Å². The largest absolute Gasteiger partial charge is 0.335 e. The van der Waals surface area contributed by atoms with Crippen molar-refractivity contribution in [1.82, 2.24) is 15.0 Å². The van der Waals surface area contributed by atoms with Crippen LogP contribution in [0.5, 0.6) is 0 Å². The zero-order chi connectivity index (χ0) is 14.3. The number of Topliss-reactive ketones (excluding diaryl/α,β-unsaturated/α-hetero) is 1. The Morgan fingerprint density at radius 3 is 3.05 bits per heavy atom. The van der Waals surface area contributed by atoms with Crippen LogP contribution in [0, 0.1) is 0 Å². The first-order chi connectivity index (χ1) is 9.61. The van der Waals surface area contributed by atoms with Crippen LogP contribution in [0.3, 0.4) is 0 Å². The van der Waals surface area contributed by atoms with Crippen molar-refractivity contribution in [2.75, 3.05) is 0 Å². The van der Waals surface area contributed by atoms with Gasteiger partial charge < -0.3 is 15.2 Å². The molecule has 3 rings (SSSR count). The quantitative estimate of drug-likeness (QED) is 0.843. The maximum absolute atomic E-state index is 12.0. The molecule has 20 heavy (non-hydrogen) atoms. The summed E-state index contributed by atoms with van der Waals surface area (Å²) in [6.45, 7) is 1.90. The van der Waals surface area contributed by atoms with Gasteiger partial charge in [-0.3, -0.25) is 9.79 Å². The molecule has 0 bridgehead atoms. The molecule has 1 aromatic heterocycles. The first-order valence-corrected chi connectivity index (χ1v) is 6.31. The van der Waals surface area contributed by atoms with E-state index in [2.05, 4.69) is 20.1 Å². The van der Waals surface area contributed by atoms with Crippen molar-refractivity contribution in [2.24, 2.45) is 15.7 Å². The number of carbonyl (C=O) groups is 1. The molecule has 2 atom stereocenters. The highest BCUT2D eigenvalue weighted by Crippen LogP contribution is 2.33. The van der Waals surface area contributed by atoms with Gasteiger partial charge in [-0.25, -0.2) is 4.99 Å². The van der Waals surface area contributed by atoms with Gasteiger partial charge >= 0.3 is 0 Å². The highest BCUT2D eigenvalue weighted by atomic mass is 35.5. The van der Waals surface area contributed by atoms with Gasteiger partial charge in [0.1, 0.15) is 0 Å². The zero-order valence-corrected chi connectivity index (χ0v) is 11.3. The van der Waals surface area contributed by atoms with Gasteiger partial charge in [0, 0.05) is 6.21 Å². The molecular weight excluding hydrogens is 284 g/mol. The van der Waals surface area contributed by atoms with Crippen molar-refractivity contribution >= 4 is 28.8 Å². The van der Waals surface area contributed by atoms with Gasteiger partial charge in [0.25, 0.3) is 5.89 Å². The Morgan fingerprint density at radius 1 is 1.55 bits per heavy atom. The molecule has 2 aliphatic heterocycles. The van der Waals surface area contributed by atoms with E-state index in [0.717, 1.165) is 0 Å². The second kappa shape index (κ2) is 4.80. The van der Waals surface area contributed by atoms with E-state index in [1.807, 2.05) is 0 Å². The van der Waals surface area contributed by atoms with Crippen molar-refractivity contribution in [1.29, 1.82) is 0 Å². The van der Waals surface area contributed by atoms with E-state index in [9.17, 15) is 4.79 Å². The molecule has 0 aromatic carbocycles. The average Bonchev–Trinajstić information content (AvgIpc) is 3.06. The van der Waals surface area contributed by atoms with Crippen LogP contribution in [0.25, 0.3) is 0 Å². The Balaban J connectivity index is 1.97. The number of fused-ring (bicyclic) bond motifs is 1. The fraction of sp³-hybridized carbons (Fsp3) is 0.364. The maximum Gasteiger partial charge on any atom is 0.272 e. The minimum absolute atomic E-state index is 0.0558. The molecule has 9 heteroatoms. The number of ketones is 1. The number of allylic oxidation sites excluding steroid dienone is 1. The Morgan fingerprint density at radius 2 is 2.35 bits per heavy atom. The van der Waals surface area contributed by atoms with Gasteiger partial charge in [0.2, 0.25) is 11.9 Å². The summed E-state index contributed by atoms with van der Waals surface area (Å²) < 4.78 is 5.13.